The molecule has 0 spiro atoms. The molecular formula is C8H10NY-. The second-order valence-corrected chi connectivity index (χ2v) is 2.22. The molecule has 0 amide bonds. The van der Waals surface area contributed by atoms with Crippen LogP contribution >= 0.6 is 0 Å². The van der Waals surface area contributed by atoms with Crippen molar-refractivity contribution in [3.8, 4) is 0 Å². The van der Waals surface area contributed by atoms with Crippen LogP contribution in [0.5, 0.6) is 0 Å². The summed E-state index contributed by atoms with van der Waals surface area (Å²) in [7, 11) is 0. The third-order valence-electron chi connectivity index (χ3n) is 1.33. The molecule has 0 unspecified atom stereocenters. The Balaban J connectivity index is 0.000000810. The Hall–Kier alpha value is 0.124. The van der Waals surface area contributed by atoms with E-state index >= 15 is 0 Å². The molecule has 0 aliphatic rings. The van der Waals surface area contributed by atoms with Crippen molar-refractivity contribution in [3.63, 3.8) is 0 Å². The first-order valence-electron chi connectivity index (χ1n) is 2.95. The maximum atomic E-state index is 5.56. The molecule has 0 fully saturated rings. The van der Waals surface area contributed by atoms with E-state index < -0.39 is 0 Å². The van der Waals surface area contributed by atoms with Crippen LogP contribution in [0.15, 0.2) is 12.1 Å². The zero-order valence-corrected chi connectivity index (χ0v) is 9.15. The molecule has 0 heterocycles. The molecule has 0 aromatic heterocycles. The summed E-state index contributed by atoms with van der Waals surface area (Å²) in [6, 6.07) is 6.98. The van der Waals surface area contributed by atoms with Crippen molar-refractivity contribution in [2.75, 3.05) is 5.73 Å². The maximum absolute atomic E-state index is 5.56. The van der Waals surface area contributed by atoms with Gasteiger partial charge in [-0.15, -0.1) is 11.6 Å². The van der Waals surface area contributed by atoms with Crippen molar-refractivity contribution in [1.82, 2.24) is 0 Å². The number of aryl methyl sites for hydroxylation is 2. The van der Waals surface area contributed by atoms with E-state index in [4.69, 9.17) is 5.73 Å². The topological polar surface area (TPSA) is 26.0 Å². The SMILES string of the molecule is Cc1[c-]c(C)c(N)cc1.[Y]. The Kier molecular flexibility index (Phi) is 4.15. The van der Waals surface area contributed by atoms with Gasteiger partial charge in [0.05, 0.1) is 0 Å². The first kappa shape index (κ1) is 10.1. The Morgan fingerprint density at radius 3 is 2.30 bits per heavy atom. The van der Waals surface area contributed by atoms with Crippen molar-refractivity contribution in [2.24, 2.45) is 0 Å². The molecule has 0 saturated heterocycles. The molecule has 2 heteroatoms. The van der Waals surface area contributed by atoms with Crippen LogP contribution in [0.1, 0.15) is 11.1 Å². The minimum Gasteiger partial charge on any atom is -0.449 e. The van der Waals surface area contributed by atoms with Gasteiger partial charge < -0.3 is 5.73 Å². The van der Waals surface area contributed by atoms with Crippen molar-refractivity contribution in [3.05, 3.63) is 29.3 Å². The first-order valence-corrected chi connectivity index (χ1v) is 2.95. The van der Waals surface area contributed by atoms with Gasteiger partial charge in [0, 0.05) is 32.7 Å². The molecule has 51 valence electrons. The molecular weight excluding hydrogens is 199 g/mol. The minimum absolute atomic E-state index is 0. The van der Waals surface area contributed by atoms with Gasteiger partial charge in [-0.1, -0.05) is 19.5 Å². The molecule has 1 aromatic carbocycles. The normalized spacial score (nSPS) is 8.60. The van der Waals surface area contributed by atoms with E-state index in [0.29, 0.717) is 0 Å². The number of hydrogen-bond acceptors (Lipinski definition) is 1. The summed E-state index contributed by atoms with van der Waals surface area (Å²) in [5.74, 6) is 0. The molecule has 1 nitrogen and oxygen atoms in total. The van der Waals surface area contributed by atoms with Crippen LogP contribution in [0.3, 0.4) is 0 Å². The maximum Gasteiger partial charge on any atom is 0 e. The number of anilines is 1. The Labute approximate surface area is 86.9 Å². The van der Waals surface area contributed by atoms with E-state index in [-0.39, 0.29) is 32.7 Å². The summed E-state index contributed by atoms with van der Waals surface area (Å²) in [6.45, 7) is 3.97. The fourth-order valence-electron chi connectivity index (χ4n) is 0.749. The predicted octanol–water partition coefficient (Wildman–Crippen LogP) is 1.68. The van der Waals surface area contributed by atoms with Crippen molar-refractivity contribution >= 4 is 5.69 Å². The monoisotopic (exact) mass is 209 g/mol. The summed E-state index contributed by atoms with van der Waals surface area (Å²) in [4.78, 5) is 0. The van der Waals surface area contributed by atoms with Gasteiger partial charge in [-0.3, -0.25) is 0 Å². The molecule has 10 heavy (non-hydrogen) atoms. The summed E-state index contributed by atoms with van der Waals surface area (Å²) < 4.78 is 0. The fraction of sp³-hybridized carbons (Fsp3) is 0.250. The van der Waals surface area contributed by atoms with Gasteiger partial charge in [0.1, 0.15) is 0 Å². The summed E-state index contributed by atoms with van der Waals surface area (Å²) in [6.07, 6.45) is 0. The molecule has 1 aromatic rings. The molecule has 0 saturated carbocycles. The van der Waals surface area contributed by atoms with Crippen LogP contribution in [0, 0.1) is 19.9 Å². The van der Waals surface area contributed by atoms with Crippen molar-refractivity contribution in [1.29, 1.82) is 0 Å². The van der Waals surface area contributed by atoms with Crippen LogP contribution < -0.4 is 5.73 Å². The van der Waals surface area contributed by atoms with Gasteiger partial charge in [-0.25, -0.2) is 0 Å². The molecule has 0 bridgehead atoms. The zero-order chi connectivity index (χ0) is 6.85. The third-order valence-corrected chi connectivity index (χ3v) is 1.33. The Morgan fingerprint density at radius 2 is 1.90 bits per heavy atom. The van der Waals surface area contributed by atoms with Gasteiger partial charge >= 0.3 is 0 Å². The summed E-state index contributed by atoms with van der Waals surface area (Å²) in [5, 5.41) is 0. The quantitative estimate of drug-likeness (QED) is 0.510. The Bertz CT molecular complexity index is 220. The van der Waals surface area contributed by atoms with Crippen LogP contribution in [0.2, 0.25) is 0 Å². The van der Waals surface area contributed by atoms with Crippen LogP contribution in [0.4, 0.5) is 5.69 Å². The Morgan fingerprint density at radius 1 is 1.30 bits per heavy atom. The summed E-state index contributed by atoms with van der Waals surface area (Å²) >= 11 is 0. The fourth-order valence-corrected chi connectivity index (χ4v) is 0.749. The van der Waals surface area contributed by atoms with E-state index in [1.807, 2.05) is 26.0 Å². The van der Waals surface area contributed by atoms with Crippen LogP contribution in [-0.4, -0.2) is 0 Å². The molecule has 0 aliphatic heterocycles. The molecule has 0 atom stereocenters. The molecule has 0 aliphatic carbocycles. The van der Waals surface area contributed by atoms with E-state index in [0.717, 1.165) is 16.8 Å². The van der Waals surface area contributed by atoms with Gasteiger partial charge in [0.15, 0.2) is 0 Å². The number of nitrogen functional groups attached to an aromatic ring is 1. The smallest absolute Gasteiger partial charge is 0 e. The summed E-state index contributed by atoms with van der Waals surface area (Å²) in [5.41, 5.74) is 8.55. The average molecular weight is 209 g/mol. The standard InChI is InChI=1S/C8H10N.Y/c1-6-3-4-8(9)7(2)5-6;/h3-4H,9H2,1-2H3;/q-1;. The first-order chi connectivity index (χ1) is 4.20. The van der Waals surface area contributed by atoms with Gasteiger partial charge in [-0.2, -0.15) is 17.7 Å². The van der Waals surface area contributed by atoms with Crippen molar-refractivity contribution < 1.29 is 32.7 Å². The van der Waals surface area contributed by atoms with Gasteiger partial charge in [0.25, 0.3) is 0 Å². The predicted molar refractivity (Wildman–Crippen MR) is 39.2 cm³/mol. The van der Waals surface area contributed by atoms with Crippen LogP contribution in [0.25, 0.3) is 0 Å². The van der Waals surface area contributed by atoms with E-state index in [1.54, 1.807) is 0 Å². The van der Waals surface area contributed by atoms with E-state index in [2.05, 4.69) is 6.07 Å². The molecule has 2 N–H and O–H groups in total. The number of nitrogens with two attached hydrogens (primary N) is 1. The second-order valence-electron chi connectivity index (χ2n) is 2.22. The third kappa shape index (κ3) is 2.39. The van der Waals surface area contributed by atoms with Crippen LogP contribution in [-0.2, 0) is 32.7 Å². The van der Waals surface area contributed by atoms with Gasteiger partial charge in [0.2, 0.25) is 0 Å². The zero-order valence-electron chi connectivity index (χ0n) is 6.31. The van der Waals surface area contributed by atoms with E-state index in [9.17, 15) is 0 Å². The largest absolute Gasteiger partial charge is 0.449 e. The average Bonchev–Trinajstić information content (AvgIpc) is 1.80. The number of rotatable bonds is 0. The minimum atomic E-state index is 0. The van der Waals surface area contributed by atoms with Gasteiger partial charge in [-0.05, 0) is 0 Å². The molecule has 1 radical (unpaired) electrons. The number of benzene rings is 1. The van der Waals surface area contributed by atoms with Crippen molar-refractivity contribution in [2.45, 2.75) is 13.8 Å². The second kappa shape index (κ2) is 4.10. The van der Waals surface area contributed by atoms with E-state index in [1.165, 1.54) is 0 Å². The number of hydrogen-bond donors (Lipinski definition) is 1. The molecule has 1 rings (SSSR count).